The number of barbiturate groups is 1. The minimum Gasteiger partial charge on any atom is -0.490 e. The molecule has 1 aliphatic heterocycles. The summed E-state index contributed by atoms with van der Waals surface area (Å²) < 4.78 is 12.0. The third-order valence-corrected chi connectivity index (χ3v) is 6.55. The lowest BCUT2D eigenvalue weighted by Gasteiger charge is -2.26. The van der Waals surface area contributed by atoms with Gasteiger partial charge in [-0.1, -0.05) is 17.7 Å². The Morgan fingerprint density at radius 1 is 1.07 bits per heavy atom. The molecule has 0 aliphatic carbocycles. The number of imide groups is 2. The Labute approximate surface area is 247 Å². The Kier molecular flexibility index (Phi) is 8.97. The van der Waals surface area contributed by atoms with Gasteiger partial charge in [-0.3, -0.25) is 29.8 Å². The standard InChI is InChI=1S/C28H23IN4O8/c1-3-40-23-14-17(13-22(29)25(23)41-15-24(34)30-18-6-4-16(2)5-7-18)12-21-26(35)31-28(37)32(27(21)36)19-8-10-20(11-9-19)33(38)39/h4-14H,3,15H2,1-2H3,(H,30,34)(H,31,35,37)/b21-12+. The van der Waals surface area contributed by atoms with Crippen molar-refractivity contribution in [3.05, 3.63) is 91.0 Å². The number of nitro groups is 1. The van der Waals surface area contributed by atoms with Gasteiger partial charge in [0.25, 0.3) is 23.4 Å². The van der Waals surface area contributed by atoms with Crippen LogP contribution in [0.4, 0.5) is 21.9 Å². The lowest BCUT2D eigenvalue weighted by atomic mass is 10.1. The second kappa shape index (κ2) is 12.6. The molecular weight excluding hydrogens is 647 g/mol. The van der Waals surface area contributed by atoms with Crippen LogP contribution in [0.3, 0.4) is 0 Å². The maximum atomic E-state index is 13.2. The van der Waals surface area contributed by atoms with Gasteiger partial charge in [-0.25, -0.2) is 9.69 Å². The Balaban J connectivity index is 1.57. The number of nitrogens with zero attached hydrogens (tertiary/aromatic N) is 2. The summed E-state index contributed by atoms with van der Waals surface area (Å²) in [5.41, 5.74) is 1.57. The Bertz CT molecular complexity index is 1570. The van der Waals surface area contributed by atoms with Gasteiger partial charge in [-0.05, 0) is 84.5 Å². The van der Waals surface area contributed by atoms with Gasteiger partial charge in [0.1, 0.15) is 5.57 Å². The maximum absolute atomic E-state index is 13.2. The van der Waals surface area contributed by atoms with Crippen molar-refractivity contribution in [2.24, 2.45) is 0 Å². The normalized spacial score (nSPS) is 14.1. The number of nitrogens with one attached hydrogen (secondary N) is 2. The van der Waals surface area contributed by atoms with E-state index in [1.54, 1.807) is 31.2 Å². The molecular formula is C28H23IN4O8. The molecule has 1 heterocycles. The second-order valence-electron chi connectivity index (χ2n) is 8.70. The summed E-state index contributed by atoms with van der Waals surface area (Å²) in [6.07, 6.45) is 1.29. The minimum atomic E-state index is -0.983. The van der Waals surface area contributed by atoms with Crippen molar-refractivity contribution in [3.63, 3.8) is 0 Å². The van der Waals surface area contributed by atoms with Gasteiger partial charge in [0.15, 0.2) is 18.1 Å². The first-order valence-corrected chi connectivity index (χ1v) is 13.3. The summed E-state index contributed by atoms with van der Waals surface area (Å²) in [6.45, 7) is 3.68. The zero-order valence-corrected chi connectivity index (χ0v) is 24.0. The van der Waals surface area contributed by atoms with Crippen LogP contribution >= 0.6 is 22.6 Å². The molecule has 0 spiro atoms. The zero-order chi connectivity index (χ0) is 29.7. The van der Waals surface area contributed by atoms with Gasteiger partial charge in [0.05, 0.1) is 20.8 Å². The summed E-state index contributed by atoms with van der Waals surface area (Å²) in [6, 6.07) is 14.3. The highest BCUT2D eigenvalue weighted by molar-refractivity contribution is 14.1. The summed E-state index contributed by atoms with van der Waals surface area (Å²) in [7, 11) is 0. The number of carbonyl (C=O) groups is 4. The monoisotopic (exact) mass is 670 g/mol. The largest absolute Gasteiger partial charge is 0.490 e. The molecule has 12 nitrogen and oxygen atoms in total. The Hall–Kier alpha value is -4.79. The van der Waals surface area contributed by atoms with Gasteiger partial charge in [0.2, 0.25) is 0 Å². The first-order valence-electron chi connectivity index (χ1n) is 12.2. The number of non-ortho nitro benzene ring substituents is 1. The van der Waals surface area contributed by atoms with Crippen molar-refractivity contribution >= 4 is 69.5 Å². The third-order valence-electron chi connectivity index (χ3n) is 5.75. The van der Waals surface area contributed by atoms with E-state index in [4.69, 9.17) is 9.47 Å². The molecule has 210 valence electrons. The topological polar surface area (TPSA) is 157 Å². The number of urea groups is 1. The fourth-order valence-electron chi connectivity index (χ4n) is 3.83. The van der Waals surface area contributed by atoms with Crippen molar-refractivity contribution in [2.75, 3.05) is 23.4 Å². The van der Waals surface area contributed by atoms with E-state index in [-0.39, 0.29) is 41.8 Å². The molecule has 0 saturated carbocycles. The van der Waals surface area contributed by atoms with Gasteiger partial charge in [-0.15, -0.1) is 0 Å². The van der Waals surface area contributed by atoms with Gasteiger partial charge in [-0.2, -0.15) is 0 Å². The van der Waals surface area contributed by atoms with Crippen LogP contribution in [0, 0.1) is 20.6 Å². The van der Waals surface area contributed by atoms with E-state index in [1.165, 1.54) is 18.2 Å². The van der Waals surface area contributed by atoms with Gasteiger partial charge in [0, 0.05) is 17.8 Å². The van der Waals surface area contributed by atoms with Gasteiger partial charge >= 0.3 is 6.03 Å². The van der Waals surface area contributed by atoms with Gasteiger partial charge < -0.3 is 14.8 Å². The van der Waals surface area contributed by atoms with Crippen molar-refractivity contribution in [1.29, 1.82) is 0 Å². The van der Waals surface area contributed by atoms with E-state index >= 15 is 0 Å². The lowest BCUT2D eigenvalue weighted by molar-refractivity contribution is -0.384. The predicted molar refractivity (Wildman–Crippen MR) is 158 cm³/mol. The second-order valence-corrected chi connectivity index (χ2v) is 9.86. The fourth-order valence-corrected chi connectivity index (χ4v) is 4.61. The maximum Gasteiger partial charge on any atom is 0.335 e. The number of amides is 5. The van der Waals surface area contributed by atoms with Crippen LogP contribution in [0.1, 0.15) is 18.1 Å². The molecule has 0 unspecified atom stereocenters. The third kappa shape index (κ3) is 6.87. The number of aryl methyl sites for hydroxylation is 1. The zero-order valence-electron chi connectivity index (χ0n) is 21.8. The first kappa shape index (κ1) is 29.2. The fraction of sp³-hybridized carbons (Fsp3) is 0.143. The molecule has 5 amide bonds. The van der Waals surface area contributed by atoms with Crippen LogP contribution < -0.4 is 25.0 Å². The summed E-state index contributed by atoms with van der Waals surface area (Å²) >= 11 is 1.98. The van der Waals surface area contributed by atoms with Crippen molar-refractivity contribution in [1.82, 2.24) is 5.32 Å². The molecule has 0 atom stereocenters. The van der Waals surface area contributed by atoms with E-state index in [2.05, 4.69) is 10.6 Å². The van der Waals surface area contributed by atoms with Crippen LogP contribution in [0.5, 0.6) is 11.5 Å². The summed E-state index contributed by atoms with van der Waals surface area (Å²) in [4.78, 5) is 61.8. The van der Waals surface area contributed by atoms with E-state index in [1.807, 2.05) is 41.6 Å². The number of rotatable bonds is 9. The summed E-state index contributed by atoms with van der Waals surface area (Å²) in [5.74, 6) is -1.61. The van der Waals surface area contributed by atoms with E-state index in [0.29, 0.717) is 20.6 Å². The molecule has 41 heavy (non-hydrogen) atoms. The molecule has 1 saturated heterocycles. The van der Waals surface area contributed by atoms with Crippen LogP contribution in [-0.4, -0.2) is 41.9 Å². The van der Waals surface area contributed by atoms with E-state index < -0.39 is 22.8 Å². The van der Waals surface area contributed by atoms with Crippen molar-refractivity contribution < 1.29 is 33.6 Å². The molecule has 0 aromatic heterocycles. The Morgan fingerprint density at radius 2 is 1.76 bits per heavy atom. The number of carbonyl (C=O) groups excluding carboxylic acids is 4. The number of nitro benzene ring substituents is 1. The molecule has 1 fully saturated rings. The number of halogens is 1. The van der Waals surface area contributed by atoms with E-state index in [9.17, 15) is 29.3 Å². The number of anilines is 2. The molecule has 0 radical (unpaired) electrons. The first-order chi connectivity index (χ1) is 19.6. The van der Waals surface area contributed by atoms with E-state index in [0.717, 1.165) is 22.6 Å². The predicted octanol–water partition coefficient (Wildman–Crippen LogP) is 4.59. The highest BCUT2D eigenvalue weighted by Crippen LogP contribution is 2.35. The number of ether oxygens (including phenoxy) is 2. The molecule has 3 aromatic rings. The molecule has 1 aliphatic rings. The SMILES string of the molecule is CCOc1cc(/C=C2\C(=O)NC(=O)N(c3ccc([N+](=O)[O-])cc3)C2=O)cc(I)c1OCC(=O)Nc1ccc(C)cc1. The van der Waals surface area contributed by atoms with Crippen LogP contribution in [0.15, 0.2) is 66.2 Å². The van der Waals surface area contributed by atoms with Crippen molar-refractivity contribution in [3.8, 4) is 11.5 Å². The smallest absolute Gasteiger partial charge is 0.335 e. The number of hydrogen-bond donors (Lipinski definition) is 2. The lowest BCUT2D eigenvalue weighted by Crippen LogP contribution is -2.54. The van der Waals surface area contributed by atoms with Crippen LogP contribution in [0.2, 0.25) is 0 Å². The van der Waals surface area contributed by atoms with Crippen LogP contribution in [0.25, 0.3) is 6.08 Å². The average Bonchev–Trinajstić information content (AvgIpc) is 2.92. The molecule has 13 heteroatoms. The summed E-state index contributed by atoms with van der Waals surface area (Å²) in [5, 5.41) is 15.8. The highest BCUT2D eigenvalue weighted by Gasteiger charge is 2.37. The minimum absolute atomic E-state index is 0.0498. The molecule has 0 bridgehead atoms. The van der Waals surface area contributed by atoms with Crippen molar-refractivity contribution in [2.45, 2.75) is 13.8 Å². The van der Waals surface area contributed by atoms with Crippen LogP contribution in [-0.2, 0) is 14.4 Å². The number of hydrogen-bond acceptors (Lipinski definition) is 8. The quantitative estimate of drug-likeness (QED) is 0.110. The average molecular weight is 670 g/mol. The Morgan fingerprint density at radius 3 is 2.39 bits per heavy atom. The molecule has 2 N–H and O–H groups in total. The highest BCUT2D eigenvalue weighted by atomic mass is 127. The molecule has 4 rings (SSSR count). The molecule has 3 aromatic carbocycles. The number of benzene rings is 3.